The van der Waals surface area contributed by atoms with Crippen LogP contribution < -0.4 is 11.2 Å². The number of aromatic nitrogens is 2. The Hall–Kier alpha value is -1.59. The molecule has 112 valence electrons. The van der Waals surface area contributed by atoms with Gasteiger partial charge in [0.05, 0.1) is 18.9 Å². The van der Waals surface area contributed by atoms with Crippen LogP contribution in [0.1, 0.15) is 11.9 Å². The molecule has 0 spiro atoms. The van der Waals surface area contributed by atoms with E-state index in [0.29, 0.717) is 4.57 Å². The lowest BCUT2D eigenvalue weighted by Crippen LogP contribution is -2.41. The predicted octanol–water partition coefficient (Wildman–Crippen LogP) is -3.22. The van der Waals surface area contributed by atoms with Gasteiger partial charge in [0.15, 0.2) is 6.23 Å². The first-order valence-corrected chi connectivity index (χ1v) is 5.68. The number of aromatic amines is 1. The number of halogens is 1. The number of rotatable bonds is 3. The molecule has 5 N–H and O–H groups in total. The Labute approximate surface area is 110 Å². The Morgan fingerprint density at radius 1 is 1.25 bits per heavy atom. The first-order chi connectivity index (χ1) is 9.42. The van der Waals surface area contributed by atoms with E-state index in [1.54, 1.807) is 4.98 Å². The number of hydrogen-bond acceptors (Lipinski definition) is 7. The van der Waals surface area contributed by atoms with Crippen LogP contribution in [-0.2, 0) is 11.3 Å². The molecule has 1 aromatic rings. The molecule has 1 fully saturated rings. The van der Waals surface area contributed by atoms with Gasteiger partial charge >= 0.3 is 5.69 Å². The first-order valence-electron chi connectivity index (χ1n) is 5.68. The minimum atomic E-state index is -1.64. The van der Waals surface area contributed by atoms with Crippen LogP contribution in [0.15, 0.2) is 9.59 Å². The summed E-state index contributed by atoms with van der Waals surface area (Å²) in [7, 11) is 0. The smallest absolute Gasteiger partial charge is 0.331 e. The minimum Gasteiger partial charge on any atom is -0.394 e. The highest BCUT2D eigenvalue weighted by molar-refractivity contribution is 5.06. The summed E-state index contributed by atoms with van der Waals surface area (Å²) in [5.74, 6) is -1.40. The summed E-state index contributed by atoms with van der Waals surface area (Å²) in [6.45, 7) is -1.62. The summed E-state index contributed by atoms with van der Waals surface area (Å²) in [4.78, 5) is 24.5. The fraction of sp³-hybridized carbons (Fsp3) is 0.600. The van der Waals surface area contributed by atoms with Crippen LogP contribution in [0.5, 0.6) is 0 Å². The maximum Gasteiger partial charge on any atom is 0.331 e. The molecule has 10 heteroatoms. The van der Waals surface area contributed by atoms with Crippen molar-refractivity contribution in [3.63, 3.8) is 0 Å². The lowest BCUT2D eigenvalue weighted by molar-refractivity contribution is -0.0580. The molecule has 1 aliphatic heterocycles. The molecular formula is C10H13FN2O7. The van der Waals surface area contributed by atoms with Crippen LogP contribution in [0.3, 0.4) is 0 Å². The number of aliphatic hydroxyl groups is 4. The second-order valence-electron chi connectivity index (χ2n) is 4.28. The number of nitrogens with zero attached hydrogens (tertiary/aromatic N) is 1. The van der Waals surface area contributed by atoms with Crippen molar-refractivity contribution in [1.82, 2.24) is 9.55 Å². The van der Waals surface area contributed by atoms with Crippen molar-refractivity contribution < 1.29 is 29.6 Å². The Balaban J connectivity index is 2.57. The molecule has 4 atom stereocenters. The molecule has 1 aliphatic rings. The van der Waals surface area contributed by atoms with Crippen LogP contribution in [0.25, 0.3) is 0 Å². The number of aliphatic hydroxyl groups excluding tert-OH is 4. The highest BCUT2D eigenvalue weighted by Crippen LogP contribution is 2.29. The molecule has 2 heterocycles. The Kier molecular flexibility index (Phi) is 4.01. The van der Waals surface area contributed by atoms with Crippen molar-refractivity contribution in [2.24, 2.45) is 0 Å². The van der Waals surface area contributed by atoms with Gasteiger partial charge in [0, 0.05) is 0 Å². The van der Waals surface area contributed by atoms with E-state index in [0.717, 1.165) is 0 Å². The van der Waals surface area contributed by atoms with Crippen molar-refractivity contribution in [3.05, 3.63) is 32.3 Å². The second-order valence-corrected chi connectivity index (χ2v) is 4.28. The van der Waals surface area contributed by atoms with Gasteiger partial charge in [-0.1, -0.05) is 0 Å². The molecule has 2 rings (SSSR count). The number of nitrogens with one attached hydrogen (secondary N) is 1. The predicted molar refractivity (Wildman–Crippen MR) is 60.2 cm³/mol. The lowest BCUT2D eigenvalue weighted by atomic mass is 10.1. The fourth-order valence-electron chi connectivity index (χ4n) is 2.08. The molecule has 0 amide bonds. The normalized spacial score (nSPS) is 29.9. The third-order valence-corrected chi connectivity index (χ3v) is 3.10. The quantitative estimate of drug-likeness (QED) is 0.394. The largest absolute Gasteiger partial charge is 0.394 e. The Morgan fingerprint density at radius 2 is 1.90 bits per heavy atom. The van der Waals surface area contributed by atoms with Crippen LogP contribution in [0, 0.1) is 5.82 Å². The van der Waals surface area contributed by atoms with Crippen LogP contribution >= 0.6 is 0 Å². The van der Waals surface area contributed by atoms with Gasteiger partial charge in [0.25, 0.3) is 5.56 Å². The van der Waals surface area contributed by atoms with Crippen molar-refractivity contribution in [1.29, 1.82) is 0 Å². The Morgan fingerprint density at radius 3 is 2.40 bits per heavy atom. The number of ether oxygens (including phenoxy) is 1. The number of H-pyrrole nitrogens is 1. The van der Waals surface area contributed by atoms with E-state index < -0.39 is 60.5 Å². The van der Waals surface area contributed by atoms with Gasteiger partial charge in [-0.05, 0) is 0 Å². The summed E-state index contributed by atoms with van der Waals surface area (Å²) in [6.07, 6.45) is -5.86. The highest BCUT2D eigenvalue weighted by atomic mass is 19.1. The molecule has 1 saturated heterocycles. The molecule has 0 radical (unpaired) electrons. The average Bonchev–Trinajstić information content (AvgIpc) is 2.70. The summed E-state index contributed by atoms with van der Waals surface area (Å²) in [5, 5.41) is 37.4. The molecule has 9 nitrogen and oxygen atoms in total. The van der Waals surface area contributed by atoms with E-state index in [1.807, 2.05) is 0 Å². The van der Waals surface area contributed by atoms with E-state index in [9.17, 15) is 24.2 Å². The summed E-state index contributed by atoms with van der Waals surface area (Å²) >= 11 is 0. The zero-order valence-electron chi connectivity index (χ0n) is 10.1. The van der Waals surface area contributed by atoms with Gasteiger partial charge in [-0.25, -0.2) is 4.79 Å². The fourth-order valence-corrected chi connectivity index (χ4v) is 2.08. The van der Waals surface area contributed by atoms with Crippen molar-refractivity contribution in [3.8, 4) is 0 Å². The van der Waals surface area contributed by atoms with Crippen LogP contribution in [-0.4, -0.2) is 54.9 Å². The zero-order valence-corrected chi connectivity index (χ0v) is 10.1. The summed E-state index contributed by atoms with van der Waals surface area (Å²) in [6, 6.07) is 0. The Bertz CT molecular complexity index is 613. The summed E-state index contributed by atoms with van der Waals surface area (Å²) in [5.41, 5.74) is -3.12. The molecule has 0 aromatic carbocycles. The van der Waals surface area contributed by atoms with E-state index in [-0.39, 0.29) is 0 Å². The maximum absolute atomic E-state index is 13.6. The molecular weight excluding hydrogens is 279 g/mol. The third-order valence-electron chi connectivity index (χ3n) is 3.10. The van der Waals surface area contributed by atoms with Crippen molar-refractivity contribution in [2.75, 3.05) is 6.61 Å². The monoisotopic (exact) mass is 292 g/mol. The van der Waals surface area contributed by atoms with Crippen molar-refractivity contribution >= 4 is 0 Å². The molecule has 20 heavy (non-hydrogen) atoms. The first kappa shape index (κ1) is 14.8. The van der Waals surface area contributed by atoms with Gasteiger partial charge in [0.1, 0.15) is 18.3 Å². The van der Waals surface area contributed by atoms with Gasteiger partial charge in [0.2, 0.25) is 5.82 Å². The molecule has 1 aromatic heterocycles. The van der Waals surface area contributed by atoms with E-state index in [2.05, 4.69) is 0 Å². The zero-order chi connectivity index (χ0) is 15.0. The van der Waals surface area contributed by atoms with E-state index >= 15 is 0 Å². The van der Waals surface area contributed by atoms with Gasteiger partial charge in [-0.15, -0.1) is 0 Å². The van der Waals surface area contributed by atoms with Crippen LogP contribution in [0.4, 0.5) is 4.39 Å². The third kappa shape index (κ3) is 2.17. The molecule has 0 aliphatic carbocycles. The van der Waals surface area contributed by atoms with E-state index in [4.69, 9.17) is 14.9 Å². The maximum atomic E-state index is 13.6. The molecule has 0 bridgehead atoms. The standard InChI is InChI=1S/C10H13FN2O7/c11-5-3(1-14)13(10(19)12-8(5)18)9-7(17)6(16)4(2-15)20-9/h4,6-7,9,14-17H,1-2H2,(H,12,18,19)/t4-,6-,7-,9-/m1/s1. The number of hydrogen-bond donors (Lipinski definition) is 5. The lowest BCUT2D eigenvalue weighted by Gasteiger charge is -2.20. The average molecular weight is 292 g/mol. The van der Waals surface area contributed by atoms with Crippen LogP contribution in [0.2, 0.25) is 0 Å². The second kappa shape index (κ2) is 5.42. The van der Waals surface area contributed by atoms with Gasteiger partial charge < -0.3 is 25.2 Å². The van der Waals surface area contributed by atoms with Gasteiger partial charge in [-0.3, -0.25) is 14.3 Å². The summed E-state index contributed by atoms with van der Waals surface area (Å²) < 4.78 is 19.1. The molecule has 0 unspecified atom stereocenters. The van der Waals surface area contributed by atoms with Gasteiger partial charge in [-0.2, -0.15) is 4.39 Å². The van der Waals surface area contributed by atoms with Crippen molar-refractivity contribution in [2.45, 2.75) is 31.1 Å². The SMILES string of the molecule is O=c1[nH]c(=O)n([C@@H]2O[C@H](CO)[C@@H](O)[C@H]2O)c(CO)c1F. The molecule has 0 saturated carbocycles. The minimum absolute atomic E-state index is 0.500. The van der Waals surface area contributed by atoms with E-state index in [1.165, 1.54) is 0 Å². The topological polar surface area (TPSA) is 145 Å². The highest BCUT2D eigenvalue weighted by Gasteiger charge is 2.44.